The molecular formula is C12H13N5O4S. The van der Waals surface area contributed by atoms with E-state index in [2.05, 4.69) is 15.1 Å². The minimum absolute atomic E-state index is 0.0439. The first-order valence-electron chi connectivity index (χ1n) is 6.49. The van der Waals surface area contributed by atoms with Crippen LogP contribution in [-0.2, 0) is 10.0 Å². The summed E-state index contributed by atoms with van der Waals surface area (Å²) in [7, 11) is -3.82. The minimum atomic E-state index is -3.82. The zero-order valence-electron chi connectivity index (χ0n) is 11.3. The molecule has 0 spiro atoms. The Labute approximate surface area is 126 Å². The van der Waals surface area contributed by atoms with Crippen LogP contribution in [0.5, 0.6) is 0 Å². The van der Waals surface area contributed by atoms with E-state index in [1.165, 1.54) is 18.3 Å². The smallest absolute Gasteiger partial charge is 0.269 e. The second-order valence-electron chi connectivity index (χ2n) is 4.83. The molecule has 1 saturated heterocycles. The second kappa shape index (κ2) is 5.39. The van der Waals surface area contributed by atoms with Crippen molar-refractivity contribution in [3.63, 3.8) is 0 Å². The number of hydrogen-bond acceptors (Lipinski definition) is 6. The van der Waals surface area contributed by atoms with Gasteiger partial charge in [0, 0.05) is 31.3 Å². The quantitative estimate of drug-likeness (QED) is 0.618. The van der Waals surface area contributed by atoms with Gasteiger partial charge in [0.25, 0.3) is 15.7 Å². The number of nitrogens with one attached hydrogen (secondary N) is 2. The van der Waals surface area contributed by atoms with Crippen molar-refractivity contribution < 1.29 is 13.3 Å². The third-order valence-corrected chi connectivity index (χ3v) is 4.74. The van der Waals surface area contributed by atoms with Crippen molar-refractivity contribution in [2.24, 2.45) is 0 Å². The number of non-ortho nitro benzene ring substituents is 1. The van der Waals surface area contributed by atoms with Crippen LogP contribution in [-0.4, -0.2) is 36.2 Å². The molecule has 1 aromatic heterocycles. The molecule has 0 saturated carbocycles. The lowest BCUT2D eigenvalue weighted by molar-refractivity contribution is -0.384. The number of aromatic nitrogens is 2. The van der Waals surface area contributed by atoms with Crippen LogP contribution < -0.4 is 10.0 Å². The Morgan fingerprint density at radius 2 is 1.95 bits per heavy atom. The molecule has 1 aliphatic rings. The highest BCUT2D eigenvalue weighted by Crippen LogP contribution is 2.22. The summed E-state index contributed by atoms with van der Waals surface area (Å²) in [6, 6.07) is 6.40. The number of nitrogens with zero attached hydrogens (tertiary/aromatic N) is 3. The van der Waals surface area contributed by atoms with Crippen molar-refractivity contribution in [1.29, 1.82) is 0 Å². The lowest BCUT2D eigenvalue weighted by Crippen LogP contribution is -2.44. The Morgan fingerprint density at radius 1 is 1.27 bits per heavy atom. The first-order chi connectivity index (χ1) is 10.5. The average molecular weight is 323 g/mol. The Morgan fingerprint density at radius 3 is 2.50 bits per heavy atom. The van der Waals surface area contributed by atoms with E-state index in [1.54, 1.807) is 10.7 Å². The third-order valence-electron chi connectivity index (χ3n) is 3.37. The fourth-order valence-corrected chi connectivity index (χ4v) is 3.13. The van der Waals surface area contributed by atoms with Crippen molar-refractivity contribution in [2.75, 3.05) is 17.8 Å². The van der Waals surface area contributed by atoms with Gasteiger partial charge in [-0.3, -0.25) is 14.8 Å². The maximum Gasteiger partial charge on any atom is 0.269 e. The molecule has 10 heteroatoms. The SMILES string of the molecule is O=[N+]([O-])c1ccc(S(=O)(=O)Nc2ccnn2C2CNC2)cc1. The Balaban J connectivity index is 1.84. The fourth-order valence-electron chi connectivity index (χ4n) is 2.08. The highest BCUT2D eigenvalue weighted by molar-refractivity contribution is 7.92. The zero-order valence-corrected chi connectivity index (χ0v) is 12.2. The van der Waals surface area contributed by atoms with Gasteiger partial charge in [0.1, 0.15) is 5.82 Å². The molecule has 22 heavy (non-hydrogen) atoms. The van der Waals surface area contributed by atoms with E-state index in [9.17, 15) is 18.5 Å². The summed E-state index contributed by atoms with van der Waals surface area (Å²) in [6.07, 6.45) is 1.52. The van der Waals surface area contributed by atoms with E-state index in [0.717, 1.165) is 25.2 Å². The lowest BCUT2D eigenvalue weighted by atomic mass is 10.2. The van der Waals surface area contributed by atoms with Gasteiger partial charge in [0.15, 0.2) is 0 Å². The number of sulfonamides is 1. The van der Waals surface area contributed by atoms with Gasteiger partial charge >= 0.3 is 0 Å². The molecule has 116 valence electrons. The topological polar surface area (TPSA) is 119 Å². The number of rotatable bonds is 5. The number of hydrogen-bond donors (Lipinski definition) is 2. The van der Waals surface area contributed by atoms with Gasteiger partial charge in [0.05, 0.1) is 22.1 Å². The van der Waals surface area contributed by atoms with E-state index in [0.29, 0.717) is 5.82 Å². The Hall–Kier alpha value is -2.46. The van der Waals surface area contributed by atoms with Crippen molar-refractivity contribution in [1.82, 2.24) is 15.1 Å². The highest BCUT2D eigenvalue weighted by Gasteiger charge is 2.24. The molecule has 0 bridgehead atoms. The van der Waals surface area contributed by atoms with Crippen LogP contribution in [0.3, 0.4) is 0 Å². The number of nitro benzene ring substituents is 1. The molecule has 2 aromatic rings. The van der Waals surface area contributed by atoms with Crippen LogP contribution in [0.4, 0.5) is 11.5 Å². The van der Waals surface area contributed by atoms with Crippen molar-refractivity contribution in [3.8, 4) is 0 Å². The summed E-state index contributed by atoms with van der Waals surface area (Å²) < 4.78 is 28.7. The molecule has 1 aromatic carbocycles. The van der Waals surface area contributed by atoms with E-state index in [-0.39, 0.29) is 16.6 Å². The summed E-state index contributed by atoms with van der Waals surface area (Å²) in [6.45, 7) is 1.46. The highest BCUT2D eigenvalue weighted by atomic mass is 32.2. The predicted octanol–water partition coefficient (Wildman–Crippen LogP) is 0.736. The van der Waals surface area contributed by atoms with Gasteiger partial charge in [-0.1, -0.05) is 0 Å². The van der Waals surface area contributed by atoms with Crippen LogP contribution >= 0.6 is 0 Å². The van der Waals surface area contributed by atoms with Crippen molar-refractivity contribution in [2.45, 2.75) is 10.9 Å². The van der Waals surface area contributed by atoms with E-state index >= 15 is 0 Å². The van der Waals surface area contributed by atoms with Crippen LogP contribution in [0.1, 0.15) is 6.04 Å². The maximum atomic E-state index is 12.3. The van der Waals surface area contributed by atoms with Gasteiger partial charge in [-0.15, -0.1) is 0 Å². The molecule has 1 aliphatic heterocycles. The predicted molar refractivity (Wildman–Crippen MR) is 78.0 cm³/mol. The van der Waals surface area contributed by atoms with Crippen molar-refractivity contribution in [3.05, 3.63) is 46.6 Å². The summed E-state index contributed by atoms with van der Waals surface area (Å²) >= 11 is 0. The summed E-state index contributed by atoms with van der Waals surface area (Å²) in [5.41, 5.74) is -0.162. The summed E-state index contributed by atoms with van der Waals surface area (Å²) in [4.78, 5) is 9.98. The number of nitro groups is 1. The van der Waals surface area contributed by atoms with Crippen LogP contribution in [0.25, 0.3) is 0 Å². The largest absolute Gasteiger partial charge is 0.312 e. The minimum Gasteiger partial charge on any atom is -0.312 e. The monoisotopic (exact) mass is 323 g/mol. The van der Waals surface area contributed by atoms with Gasteiger partial charge < -0.3 is 5.32 Å². The molecule has 9 nitrogen and oxygen atoms in total. The summed E-state index contributed by atoms with van der Waals surface area (Å²) in [5, 5.41) is 17.8. The van der Waals surface area contributed by atoms with Gasteiger partial charge in [0.2, 0.25) is 0 Å². The Kier molecular flexibility index (Phi) is 3.54. The van der Waals surface area contributed by atoms with Gasteiger partial charge in [-0.2, -0.15) is 5.10 Å². The molecule has 0 amide bonds. The molecule has 0 unspecified atom stereocenters. The molecular weight excluding hydrogens is 310 g/mol. The second-order valence-corrected chi connectivity index (χ2v) is 6.51. The number of benzene rings is 1. The van der Waals surface area contributed by atoms with Crippen LogP contribution in [0.15, 0.2) is 41.4 Å². The van der Waals surface area contributed by atoms with E-state index < -0.39 is 14.9 Å². The van der Waals surface area contributed by atoms with Crippen LogP contribution in [0, 0.1) is 10.1 Å². The van der Waals surface area contributed by atoms with Crippen molar-refractivity contribution >= 4 is 21.5 Å². The molecule has 0 atom stereocenters. The molecule has 1 fully saturated rings. The standard InChI is InChI=1S/C12H13N5O4S/c18-17(19)9-1-3-11(4-2-9)22(20,21)15-12-5-6-14-16(12)10-7-13-8-10/h1-6,10,13,15H,7-8H2. The van der Waals surface area contributed by atoms with E-state index in [1.807, 2.05) is 0 Å². The lowest BCUT2D eigenvalue weighted by Gasteiger charge is -2.28. The Bertz CT molecular complexity index is 795. The summed E-state index contributed by atoms with van der Waals surface area (Å²) in [5.74, 6) is 0.366. The zero-order chi connectivity index (χ0) is 15.7. The first kappa shape index (κ1) is 14.5. The molecule has 2 N–H and O–H groups in total. The first-order valence-corrected chi connectivity index (χ1v) is 7.97. The number of anilines is 1. The molecule has 2 heterocycles. The normalized spacial score (nSPS) is 15.3. The fraction of sp³-hybridized carbons (Fsp3) is 0.250. The van der Waals surface area contributed by atoms with Gasteiger partial charge in [-0.05, 0) is 12.1 Å². The van der Waals surface area contributed by atoms with E-state index in [4.69, 9.17) is 0 Å². The third kappa shape index (κ3) is 2.65. The van der Waals surface area contributed by atoms with Crippen LogP contribution in [0.2, 0.25) is 0 Å². The maximum absolute atomic E-state index is 12.3. The van der Waals surface area contributed by atoms with Gasteiger partial charge in [-0.25, -0.2) is 13.1 Å². The molecule has 0 radical (unpaired) electrons. The average Bonchev–Trinajstić information content (AvgIpc) is 2.84. The molecule has 0 aliphatic carbocycles. The molecule has 3 rings (SSSR count).